The van der Waals surface area contributed by atoms with Crippen LogP contribution in [0.15, 0.2) is 30.3 Å². The molecule has 0 saturated carbocycles. The fourth-order valence-corrected chi connectivity index (χ4v) is 4.33. The highest BCUT2D eigenvalue weighted by Gasteiger charge is 2.65. The lowest BCUT2D eigenvalue weighted by Gasteiger charge is -2.48. The van der Waals surface area contributed by atoms with Crippen LogP contribution in [0.4, 0.5) is 0 Å². The summed E-state index contributed by atoms with van der Waals surface area (Å²) in [7, 11) is 2.68. The molecule has 0 radical (unpaired) electrons. The zero-order chi connectivity index (χ0) is 21.6. The second-order valence-electron chi connectivity index (χ2n) is 8.22. The number of esters is 1. The number of fused-ring (bicyclic) bond motifs is 2. The summed E-state index contributed by atoms with van der Waals surface area (Å²) in [6.07, 6.45) is 0.641. The molecule has 0 bridgehead atoms. The van der Waals surface area contributed by atoms with Gasteiger partial charge < -0.3 is 19.7 Å². The van der Waals surface area contributed by atoms with Gasteiger partial charge in [-0.3, -0.25) is 4.79 Å². The molecule has 0 aliphatic heterocycles. The van der Waals surface area contributed by atoms with E-state index in [1.54, 1.807) is 18.2 Å². The van der Waals surface area contributed by atoms with Crippen molar-refractivity contribution in [2.45, 2.75) is 44.8 Å². The van der Waals surface area contributed by atoms with Crippen LogP contribution in [0, 0.1) is 11.8 Å². The van der Waals surface area contributed by atoms with Crippen LogP contribution in [-0.2, 0) is 15.1 Å². The Morgan fingerprint density at radius 2 is 1.90 bits per heavy atom. The van der Waals surface area contributed by atoms with Gasteiger partial charge in [0.15, 0.2) is 5.78 Å². The molecule has 6 heteroatoms. The third kappa shape index (κ3) is 3.02. The van der Waals surface area contributed by atoms with Gasteiger partial charge in [-0.15, -0.1) is 0 Å². The normalized spacial score (nSPS) is 26.5. The van der Waals surface area contributed by atoms with Crippen molar-refractivity contribution < 1.29 is 29.3 Å². The summed E-state index contributed by atoms with van der Waals surface area (Å²) in [5.41, 5.74) is -3.84. The molecule has 0 fully saturated rings. The van der Waals surface area contributed by atoms with Gasteiger partial charge in [0.05, 0.1) is 20.1 Å². The lowest BCUT2D eigenvalue weighted by atomic mass is 9.60. The second-order valence-corrected chi connectivity index (χ2v) is 8.22. The molecular weight excluding hydrogens is 372 g/mol. The van der Waals surface area contributed by atoms with Gasteiger partial charge in [-0.1, -0.05) is 32.9 Å². The molecule has 3 atom stereocenters. The van der Waals surface area contributed by atoms with E-state index in [9.17, 15) is 19.8 Å². The minimum Gasteiger partial charge on any atom is -0.496 e. The van der Waals surface area contributed by atoms with E-state index in [2.05, 4.69) is 0 Å². The highest BCUT2D eigenvalue weighted by molar-refractivity contribution is 6.09. The summed E-state index contributed by atoms with van der Waals surface area (Å²) >= 11 is 0. The average Bonchev–Trinajstić information content (AvgIpc) is 2.72. The molecule has 2 N–H and O–H groups in total. The number of benzene rings is 2. The zero-order valence-corrected chi connectivity index (χ0v) is 17.5. The number of ether oxygens (including phenoxy) is 2. The highest BCUT2D eigenvalue weighted by Crippen LogP contribution is 2.50. The van der Waals surface area contributed by atoms with E-state index in [0.29, 0.717) is 23.1 Å². The topological polar surface area (TPSA) is 93.1 Å². The highest BCUT2D eigenvalue weighted by atomic mass is 16.5. The Morgan fingerprint density at radius 1 is 1.21 bits per heavy atom. The van der Waals surface area contributed by atoms with Crippen molar-refractivity contribution in [2.75, 3.05) is 14.2 Å². The van der Waals surface area contributed by atoms with Crippen LogP contribution in [0.25, 0.3) is 10.8 Å². The lowest BCUT2D eigenvalue weighted by Crippen LogP contribution is -2.66. The van der Waals surface area contributed by atoms with Gasteiger partial charge in [-0.05, 0) is 47.9 Å². The minimum atomic E-state index is -2.39. The van der Waals surface area contributed by atoms with Gasteiger partial charge in [-0.25, -0.2) is 4.79 Å². The first kappa shape index (κ1) is 21.3. The Morgan fingerprint density at radius 3 is 2.48 bits per heavy atom. The first-order valence-electron chi connectivity index (χ1n) is 9.80. The summed E-state index contributed by atoms with van der Waals surface area (Å²) in [6.45, 7) is 5.43. The molecule has 2 aromatic rings. The molecule has 0 amide bonds. The molecule has 1 aliphatic rings. The Balaban J connectivity index is 2.37. The van der Waals surface area contributed by atoms with E-state index in [1.165, 1.54) is 14.0 Å². The molecule has 0 spiro atoms. The van der Waals surface area contributed by atoms with E-state index in [1.807, 2.05) is 26.0 Å². The van der Waals surface area contributed by atoms with Crippen molar-refractivity contribution in [3.8, 4) is 5.75 Å². The maximum Gasteiger partial charge on any atom is 0.342 e. The van der Waals surface area contributed by atoms with E-state index >= 15 is 0 Å². The maximum atomic E-state index is 13.2. The molecule has 0 heterocycles. The van der Waals surface area contributed by atoms with Gasteiger partial charge >= 0.3 is 5.97 Å². The molecule has 6 nitrogen and oxygen atoms in total. The maximum absolute atomic E-state index is 13.2. The quantitative estimate of drug-likeness (QED) is 0.749. The SMILES string of the molecule is COC(=O)[C@@]1(O)[C@@H](C)C(=O)c2cc3cccc(OC)c3cc2[C@]1(O)CCC(C)C. The number of hydrogen-bond acceptors (Lipinski definition) is 6. The second kappa shape index (κ2) is 7.43. The van der Waals surface area contributed by atoms with Crippen molar-refractivity contribution in [1.82, 2.24) is 0 Å². The molecule has 0 saturated heterocycles. The van der Waals surface area contributed by atoms with Crippen molar-refractivity contribution in [3.05, 3.63) is 41.5 Å². The van der Waals surface area contributed by atoms with Crippen molar-refractivity contribution in [3.63, 3.8) is 0 Å². The monoisotopic (exact) mass is 400 g/mol. The Hall–Kier alpha value is -2.44. The van der Waals surface area contributed by atoms with E-state index in [-0.39, 0.29) is 17.9 Å². The molecule has 29 heavy (non-hydrogen) atoms. The van der Waals surface area contributed by atoms with Crippen LogP contribution in [0.1, 0.15) is 49.5 Å². The number of rotatable bonds is 5. The summed E-state index contributed by atoms with van der Waals surface area (Å²) in [6, 6.07) is 8.80. The third-order valence-corrected chi connectivity index (χ3v) is 6.14. The van der Waals surface area contributed by atoms with Crippen molar-refractivity contribution in [2.24, 2.45) is 11.8 Å². The van der Waals surface area contributed by atoms with Gasteiger partial charge in [-0.2, -0.15) is 0 Å². The zero-order valence-electron chi connectivity index (χ0n) is 17.5. The smallest absolute Gasteiger partial charge is 0.342 e. The van der Waals surface area contributed by atoms with E-state index < -0.39 is 28.9 Å². The van der Waals surface area contributed by atoms with Crippen molar-refractivity contribution in [1.29, 1.82) is 0 Å². The molecule has 0 unspecified atom stereocenters. The Kier molecular flexibility index (Phi) is 5.45. The van der Waals surface area contributed by atoms with Crippen LogP contribution in [0.5, 0.6) is 5.75 Å². The number of carbonyl (C=O) groups is 2. The summed E-state index contributed by atoms with van der Waals surface area (Å²) in [5.74, 6) is -1.80. The number of ketones is 1. The first-order chi connectivity index (χ1) is 13.6. The van der Waals surface area contributed by atoms with Crippen LogP contribution in [-0.4, -0.2) is 41.8 Å². The van der Waals surface area contributed by atoms with Gasteiger partial charge in [0, 0.05) is 10.9 Å². The largest absolute Gasteiger partial charge is 0.496 e. The van der Waals surface area contributed by atoms with Gasteiger partial charge in [0.1, 0.15) is 11.4 Å². The molecule has 2 aromatic carbocycles. The van der Waals surface area contributed by atoms with Crippen LogP contribution >= 0.6 is 0 Å². The van der Waals surface area contributed by atoms with Gasteiger partial charge in [0.25, 0.3) is 0 Å². The molecular formula is C23H28O6. The molecule has 0 aromatic heterocycles. The molecule has 156 valence electrons. The van der Waals surface area contributed by atoms with Crippen LogP contribution < -0.4 is 4.74 Å². The minimum absolute atomic E-state index is 0.0988. The number of hydrogen-bond donors (Lipinski definition) is 2. The lowest BCUT2D eigenvalue weighted by molar-refractivity contribution is -0.213. The average molecular weight is 400 g/mol. The summed E-state index contributed by atoms with van der Waals surface area (Å²) in [4.78, 5) is 25.9. The Bertz CT molecular complexity index is 965. The van der Waals surface area contributed by atoms with Gasteiger partial charge in [0.2, 0.25) is 5.60 Å². The predicted octanol–water partition coefficient (Wildman–Crippen LogP) is 3.21. The van der Waals surface area contributed by atoms with E-state index in [0.717, 1.165) is 12.5 Å². The Labute approximate surface area is 170 Å². The number of carbonyl (C=O) groups excluding carboxylic acids is 2. The fourth-order valence-electron chi connectivity index (χ4n) is 4.33. The predicted molar refractivity (Wildman–Crippen MR) is 109 cm³/mol. The van der Waals surface area contributed by atoms with Crippen LogP contribution in [0.2, 0.25) is 0 Å². The van der Waals surface area contributed by atoms with Crippen molar-refractivity contribution >= 4 is 22.5 Å². The summed E-state index contributed by atoms with van der Waals surface area (Å²) < 4.78 is 10.3. The first-order valence-corrected chi connectivity index (χ1v) is 9.80. The number of methoxy groups -OCH3 is 2. The molecule has 3 rings (SSSR count). The van der Waals surface area contributed by atoms with Crippen LogP contribution in [0.3, 0.4) is 0 Å². The standard InChI is InChI=1S/C23H28O6/c1-13(2)9-10-22(26)18-12-16-15(7-6-8-19(16)28-4)11-17(18)20(24)14(3)23(22,27)21(25)29-5/h6-8,11-14,26-27H,9-10H2,1-5H3/t14-,22+,23-/m0/s1. The van der Waals surface area contributed by atoms with E-state index in [4.69, 9.17) is 9.47 Å². The summed E-state index contributed by atoms with van der Waals surface area (Å²) in [5, 5.41) is 24.8. The number of Topliss-reactive ketones (excluding diaryl/α,β-unsaturated/α-hetero) is 1. The third-order valence-electron chi connectivity index (χ3n) is 6.14. The fraction of sp³-hybridized carbons (Fsp3) is 0.478. The number of aliphatic hydroxyl groups is 2. The molecule has 1 aliphatic carbocycles.